The van der Waals surface area contributed by atoms with Crippen molar-refractivity contribution in [2.45, 2.75) is 0 Å². The fourth-order valence-corrected chi connectivity index (χ4v) is 2.82. The summed E-state index contributed by atoms with van der Waals surface area (Å²) >= 11 is 13.5. The van der Waals surface area contributed by atoms with Crippen LogP contribution < -0.4 is 5.32 Å². The van der Waals surface area contributed by atoms with Gasteiger partial charge in [-0.3, -0.25) is 0 Å². The molecule has 1 aromatic carbocycles. The minimum atomic E-state index is 0.510. The molecule has 0 bridgehead atoms. The highest BCUT2D eigenvalue weighted by molar-refractivity contribution is 7.14. The molecule has 100 valence electrons. The predicted molar refractivity (Wildman–Crippen MR) is 82.9 cm³/mol. The van der Waals surface area contributed by atoms with E-state index in [9.17, 15) is 0 Å². The molecule has 0 fully saturated rings. The van der Waals surface area contributed by atoms with Gasteiger partial charge in [0.1, 0.15) is 0 Å². The maximum absolute atomic E-state index is 6.17. The fraction of sp³-hybridized carbons (Fsp3) is 0. The van der Waals surface area contributed by atoms with Crippen molar-refractivity contribution in [1.82, 2.24) is 15.0 Å². The van der Waals surface area contributed by atoms with Crippen LogP contribution in [-0.2, 0) is 0 Å². The molecule has 2 heterocycles. The van der Waals surface area contributed by atoms with Gasteiger partial charge in [0, 0.05) is 28.4 Å². The average molecular weight is 323 g/mol. The van der Waals surface area contributed by atoms with E-state index in [1.165, 1.54) is 11.3 Å². The summed E-state index contributed by atoms with van der Waals surface area (Å²) in [6.45, 7) is 0. The molecule has 2 aromatic heterocycles. The second-order valence-corrected chi connectivity index (χ2v) is 5.56. The lowest BCUT2D eigenvalue weighted by Gasteiger charge is -2.01. The van der Waals surface area contributed by atoms with E-state index in [-0.39, 0.29) is 0 Å². The maximum Gasteiger partial charge on any atom is 0.228 e. The number of nitrogens with zero attached hydrogens (tertiary/aromatic N) is 3. The number of thiazole rings is 1. The minimum Gasteiger partial charge on any atom is -0.300 e. The number of halogens is 2. The van der Waals surface area contributed by atoms with Gasteiger partial charge in [-0.15, -0.1) is 11.3 Å². The highest BCUT2D eigenvalue weighted by atomic mass is 35.5. The summed E-state index contributed by atoms with van der Waals surface area (Å²) < 4.78 is 0. The number of benzene rings is 1. The fourth-order valence-electron chi connectivity index (χ4n) is 1.61. The molecule has 0 saturated carbocycles. The first-order valence-corrected chi connectivity index (χ1v) is 7.31. The zero-order chi connectivity index (χ0) is 13.9. The van der Waals surface area contributed by atoms with Crippen LogP contribution in [0.5, 0.6) is 0 Å². The summed E-state index contributed by atoms with van der Waals surface area (Å²) in [6, 6.07) is 7.09. The molecule has 4 nitrogen and oxygen atoms in total. The van der Waals surface area contributed by atoms with Gasteiger partial charge in [0.2, 0.25) is 5.95 Å². The summed E-state index contributed by atoms with van der Waals surface area (Å²) in [6.07, 6.45) is 3.33. The van der Waals surface area contributed by atoms with Gasteiger partial charge in [-0.1, -0.05) is 23.2 Å². The third-order valence-corrected chi connectivity index (χ3v) is 3.80. The van der Waals surface area contributed by atoms with Crippen LogP contribution in [0.15, 0.2) is 42.0 Å². The molecule has 20 heavy (non-hydrogen) atoms. The lowest BCUT2D eigenvalue weighted by atomic mass is 10.2. The summed E-state index contributed by atoms with van der Waals surface area (Å²) in [7, 11) is 0. The van der Waals surface area contributed by atoms with Crippen LogP contribution in [0, 0.1) is 0 Å². The standard InChI is InChI=1S/C13H8Cl2N4S/c14-8-2-3-9(10(15)6-8)11-7-20-13(18-11)19-12-16-4-1-5-17-12/h1-7H,(H,16,17,18,19). The van der Waals surface area contributed by atoms with Crippen molar-refractivity contribution in [1.29, 1.82) is 0 Å². The zero-order valence-corrected chi connectivity index (χ0v) is 12.4. The molecule has 0 aliphatic rings. The quantitative estimate of drug-likeness (QED) is 0.762. The van der Waals surface area contributed by atoms with E-state index < -0.39 is 0 Å². The Bertz CT molecular complexity index is 730. The lowest BCUT2D eigenvalue weighted by molar-refractivity contribution is 1.16. The third-order valence-electron chi connectivity index (χ3n) is 2.50. The Morgan fingerprint density at radius 3 is 2.65 bits per heavy atom. The smallest absolute Gasteiger partial charge is 0.228 e. The number of hydrogen-bond donors (Lipinski definition) is 1. The monoisotopic (exact) mass is 322 g/mol. The van der Waals surface area contributed by atoms with E-state index in [2.05, 4.69) is 20.3 Å². The first-order valence-electron chi connectivity index (χ1n) is 5.67. The minimum absolute atomic E-state index is 0.510. The summed E-state index contributed by atoms with van der Waals surface area (Å²) in [5, 5.41) is 6.84. The van der Waals surface area contributed by atoms with E-state index in [0.29, 0.717) is 21.1 Å². The van der Waals surface area contributed by atoms with Gasteiger partial charge >= 0.3 is 0 Å². The number of nitrogens with one attached hydrogen (secondary N) is 1. The number of aromatic nitrogens is 3. The SMILES string of the molecule is Clc1ccc(-c2csc(Nc3ncccn3)n2)c(Cl)c1. The second kappa shape index (κ2) is 5.75. The van der Waals surface area contributed by atoms with E-state index in [4.69, 9.17) is 23.2 Å². The van der Waals surface area contributed by atoms with Crippen LogP contribution in [0.3, 0.4) is 0 Å². The number of anilines is 2. The van der Waals surface area contributed by atoms with Crippen molar-refractivity contribution < 1.29 is 0 Å². The normalized spacial score (nSPS) is 10.5. The Labute approximate surface area is 129 Å². The Morgan fingerprint density at radius 1 is 1.10 bits per heavy atom. The summed E-state index contributed by atoms with van der Waals surface area (Å²) in [5.41, 5.74) is 1.63. The lowest BCUT2D eigenvalue weighted by Crippen LogP contribution is -1.94. The molecule has 0 saturated heterocycles. The molecule has 7 heteroatoms. The average Bonchev–Trinajstić information content (AvgIpc) is 2.88. The Kier molecular flexibility index (Phi) is 3.82. The topological polar surface area (TPSA) is 50.7 Å². The first-order chi connectivity index (χ1) is 9.72. The van der Waals surface area contributed by atoms with Crippen molar-refractivity contribution in [2.75, 3.05) is 5.32 Å². The molecule has 3 rings (SSSR count). The maximum atomic E-state index is 6.17. The van der Waals surface area contributed by atoms with Gasteiger partial charge in [0.05, 0.1) is 10.7 Å². The van der Waals surface area contributed by atoms with Crippen molar-refractivity contribution in [3.63, 3.8) is 0 Å². The van der Waals surface area contributed by atoms with E-state index >= 15 is 0 Å². The third kappa shape index (κ3) is 2.90. The van der Waals surface area contributed by atoms with Crippen LogP contribution in [0.4, 0.5) is 11.1 Å². The molecule has 0 amide bonds. The number of hydrogen-bond acceptors (Lipinski definition) is 5. The van der Waals surface area contributed by atoms with Gasteiger partial charge in [0.15, 0.2) is 5.13 Å². The van der Waals surface area contributed by atoms with Crippen molar-refractivity contribution >= 4 is 45.6 Å². The first kappa shape index (κ1) is 13.3. The molecular weight excluding hydrogens is 315 g/mol. The van der Waals surface area contributed by atoms with Crippen LogP contribution in [0.2, 0.25) is 10.0 Å². The van der Waals surface area contributed by atoms with Crippen molar-refractivity contribution in [3.8, 4) is 11.3 Å². The highest BCUT2D eigenvalue weighted by Gasteiger charge is 2.09. The predicted octanol–water partition coefficient (Wildman–Crippen LogP) is 4.65. The van der Waals surface area contributed by atoms with Crippen LogP contribution in [-0.4, -0.2) is 15.0 Å². The van der Waals surface area contributed by atoms with Crippen molar-refractivity contribution in [3.05, 3.63) is 52.1 Å². The van der Waals surface area contributed by atoms with Gasteiger partial charge in [-0.25, -0.2) is 15.0 Å². The van der Waals surface area contributed by atoms with Gasteiger partial charge < -0.3 is 5.32 Å². The Morgan fingerprint density at radius 2 is 1.90 bits per heavy atom. The Balaban J connectivity index is 1.87. The largest absolute Gasteiger partial charge is 0.300 e. The zero-order valence-electron chi connectivity index (χ0n) is 10.0. The molecule has 3 aromatic rings. The van der Waals surface area contributed by atoms with Crippen LogP contribution in [0.1, 0.15) is 0 Å². The van der Waals surface area contributed by atoms with Crippen LogP contribution in [0.25, 0.3) is 11.3 Å². The molecule has 0 unspecified atom stereocenters. The van der Waals surface area contributed by atoms with Gasteiger partial charge in [0.25, 0.3) is 0 Å². The van der Waals surface area contributed by atoms with Crippen molar-refractivity contribution in [2.24, 2.45) is 0 Å². The molecule has 0 radical (unpaired) electrons. The van der Waals surface area contributed by atoms with E-state index in [0.717, 1.165) is 11.3 Å². The Hall–Kier alpha value is -1.69. The van der Waals surface area contributed by atoms with Crippen LogP contribution >= 0.6 is 34.5 Å². The van der Waals surface area contributed by atoms with Gasteiger partial charge in [-0.2, -0.15) is 0 Å². The molecule has 0 aliphatic carbocycles. The van der Waals surface area contributed by atoms with E-state index in [1.807, 2.05) is 11.4 Å². The number of rotatable bonds is 3. The molecule has 1 N–H and O–H groups in total. The van der Waals surface area contributed by atoms with E-state index in [1.54, 1.807) is 30.6 Å². The molecule has 0 atom stereocenters. The molecular formula is C13H8Cl2N4S. The van der Waals surface area contributed by atoms with Gasteiger partial charge in [-0.05, 0) is 24.3 Å². The highest BCUT2D eigenvalue weighted by Crippen LogP contribution is 2.32. The summed E-state index contributed by atoms with van der Waals surface area (Å²) in [4.78, 5) is 12.6. The summed E-state index contributed by atoms with van der Waals surface area (Å²) in [5.74, 6) is 0.510. The second-order valence-electron chi connectivity index (χ2n) is 3.86. The molecule has 0 spiro atoms. The molecule has 0 aliphatic heterocycles.